The molecule has 1 aromatic carbocycles. The van der Waals surface area contributed by atoms with Crippen molar-refractivity contribution in [3.63, 3.8) is 0 Å². The fraction of sp³-hybridized carbons (Fsp3) is 0.174. The number of rotatable bonds is 5. The number of aliphatic hydroxyl groups excluding tert-OH is 1. The van der Waals surface area contributed by atoms with Crippen LogP contribution < -0.4 is 4.74 Å². The van der Waals surface area contributed by atoms with Crippen molar-refractivity contribution in [1.29, 1.82) is 0 Å². The second kappa shape index (κ2) is 7.87. The van der Waals surface area contributed by atoms with Gasteiger partial charge in [-0.3, -0.25) is 14.6 Å². The SMILES string of the molecule is COc1cccc(/C(O)=C2/C(=O)C(=O)N(Cc3ccncc3)C2c2ccc(C)o2)c1. The summed E-state index contributed by atoms with van der Waals surface area (Å²) < 4.78 is 11.0. The number of nitrogens with zero attached hydrogens (tertiary/aromatic N) is 2. The molecule has 7 nitrogen and oxygen atoms in total. The normalized spacial score (nSPS) is 18.1. The Morgan fingerprint density at radius 2 is 1.93 bits per heavy atom. The van der Waals surface area contributed by atoms with Gasteiger partial charge in [-0.1, -0.05) is 12.1 Å². The Kier molecular flexibility index (Phi) is 5.10. The largest absolute Gasteiger partial charge is 0.507 e. The Balaban J connectivity index is 1.85. The number of methoxy groups -OCH3 is 1. The van der Waals surface area contributed by atoms with Crippen LogP contribution in [0.2, 0.25) is 0 Å². The van der Waals surface area contributed by atoms with Crippen LogP contribution in [0.15, 0.2) is 70.9 Å². The van der Waals surface area contributed by atoms with Gasteiger partial charge in [0.1, 0.15) is 29.1 Å². The van der Waals surface area contributed by atoms with Crippen LogP contribution >= 0.6 is 0 Å². The molecule has 1 unspecified atom stereocenters. The Morgan fingerprint density at radius 3 is 2.60 bits per heavy atom. The summed E-state index contributed by atoms with van der Waals surface area (Å²) in [5, 5.41) is 11.0. The summed E-state index contributed by atoms with van der Waals surface area (Å²) in [5.41, 5.74) is 1.17. The standard InChI is InChI=1S/C23H20N2O5/c1-14-6-7-18(30-14)20-19(21(26)16-4-3-5-17(12-16)29-2)22(27)23(28)25(20)13-15-8-10-24-11-9-15/h3-12,20,26H,13H2,1-2H3/b21-19-. The highest BCUT2D eigenvalue weighted by atomic mass is 16.5. The number of hydrogen-bond acceptors (Lipinski definition) is 6. The van der Waals surface area contributed by atoms with Gasteiger partial charge in [0.2, 0.25) is 0 Å². The van der Waals surface area contributed by atoms with Gasteiger partial charge in [-0.15, -0.1) is 0 Å². The Hall–Kier alpha value is -3.87. The van der Waals surface area contributed by atoms with Crippen LogP contribution in [0.3, 0.4) is 0 Å². The predicted octanol–water partition coefficient (Wildman–Crippen LogP) is 3.61. The number of amides is 1. The van der Waals surface area contributed by atoms with Gasteiger partial charge in [-0.25, -0.2) is 0 Å². The van der Waals surface area contributed by atoms with Crippen LogP contribution in [-0.2, 0) is 16.1 Å². The molecule has 0 spiro atoms. The fourth-order valence-electron chi connectivity index (χ4n) is 3.55. The first-order valence-corrected chi connectivity index (χ1v) is 9.37. The monoisotopic (exact) mass is 404 g/mol. The van der Waals surface area contributed by atoms with Crippen molar-refractivity contribution >= 4 is 17.4 Å². The highest BCUT2D eigenvalue weighted by molar-refractivity contribution is 6.46. The first-order chi connectivity index (χ1) is 14.5. The fourth-order valence-corrected chi connectivity index (χ4v) is 3.55. The molecule has 1 aliphatic heterocycles. The van der Waals surface area contributed by atoms with E-state index < -0.39 is 17.7 Å². The molecule has 0 aliphatic carbocycles. The van der Waals surface area contributed by atoms with Crippen LogP contribution in [0, 0.1) is 6.92 Å². The van der Waals surface area contributed by atoms with Crippen LogP contribution in [0.1, 0.15) is 28.7 Å². The van der Waals surface area contributed by atoms with Gasteiger partial charge in [0, 0.05) is 24.5 Å². The number of ketones is 1. The zero-order valence-electron chi connectivity index (χ0n) is 16.5. The quantitative estimate of drug-likeness (QED) is 0.397. The van der Waals surface area contributed by atoms with Crippen molar-refractivity contribution < 1.29 is 23.8 Å². The average molecular weight is 404 g/mol. The summed E-state index contributed by atoms with van der Waals surface area (Å²) in [4.78, 5) is 31.3. The zero-order chi connectivity index (χ0) is 21.3. The number of likely N-dealkylation sites (tertiary alicyclic amines) is 1. The second-order valence-corrected chi connectivity index (χ2v) is 6.96. The topological polar surface area (TPSA) is 92.9 Å². The van der Waals surface area contributed by atoms with Gasteiger partial charge in [0.05, 0.1) is 12.7 Å². The molecular weight excluding hydrogens is 384 g/mol. The van der Waals surface area contributed by atoms with E-state index in [1.54, 1.807) is 67.8 Å². The summed E-state index contributed by atoms with van der Waals surface area (Å²) in [7, 11) is 1.51. The predicted molar refractivity (Wildman–Crippen MR) is 109 cm³/mol. The molecular formula is C23H20N2O5. The number of carbonyl (C=O) groups excluding carboxylic acids is 2. The number of pyridine rings is 1. The first kappa shape index (κ1) is 19.4. The maximum Gasteiger partial charge on any atom is 0.296 e. The minimum atomic E-state index is -0.849. The summed E-state index contributed by atoms with van der Waals surface area (Å²) >= 11 is 0. The molecule has 152 valence electrons. The van der Waals surface area contributed by atoms with E-state index in [2.05, 4.69) is 4.98 Å². The third-order valence-electron chi connectivity index (χ3n) is 5.02. The van der Waals surface area contributed by atoms with Crippen molar-refractivity contribution in [3.8, 4) is 5.75 Å². The third-order valence-corrected chi connectivity index (χ3v) is 5.02. The number of aliphatic hydroxyl groups is 1. The Bertz CT molecular complexity index is 1130. The van der Waals surface area contributed by atoms with Gasteiger partial charge in [-0.2, -0.15) is 0 Å². The highest BCUT2D eigenvalue weighted by Crippen LogP contribution is 2.41. The molecule has 7 heteroatoms. The maximum absolute atomic E-state index is 13.0. The first-order valence-electron chi connectivity index (χ1n) is 9.37. The molecule has 0 bridgehead atoms. The van der Waals surface area contributed by atoms with Crippen LogP contribution in [-0.4, -0.2) is 33.8 Å². The molecule has 4 rings (SSSR count). The van der Waals surface area contributed by atoms with Crippen LogP contribution in [0.4, 0.5) is 0 Å². The number of ether oxygens (including phenoxy) is 1. The summed E-state index contributed by atoms with van der Waals surface area (Å²) in [5.74, 6) is -0.163. The number of carbonyl (C=O) groups is 2. The van der Waals surface area contributed by atoms with E-state index >= 15 is 0 Å². The van der Waals surface area contributed by atoms with E-state index in [9.17, 15) is 14.7 Å². The van der Waals surface area contributed by atoms with Crippen molar-refractivity contribution in [2.45, 2.75) is 19.5 Å². The number of furan rings is 1. The lowest BCUT2D eigenvalue weighted by Gasteiger charge is -2.23. The summed E-state index contributed by atoms with van der Waals surface area (Å²) in [6, 6.07) is 12.8. The van der Waals surface area contributed by atoms with Gasteiger partial charge in [0.25, 0.3) is 11.7 Å². The van der Waals surface area contributed by atoms with Gasteiger partial charge in [-0.05, 0) is 48.9 Å². The molecule has 1 saturated heterocycles. The smallest absolute Gasteiger partial charge is 0.296 e. The molecule has 0 saturated carbocycles. The van der Waals surface area contributed by atoms with Gasteiger partial charge >= 0.3 is 0 Å². The van der Waals surface area contributed by atoms with E-state index in [1.165, 1.54) is 12.0 Å². The van der Waals surface area contributed by atoms with E-state index in [1.807, 2.05) is 0 Å². The zero-order valence-corrected chi connectivity index (χ0v) is 16.5. The van der Waals surface area contributed by atoms with Crippen molar-refractivity contribution in [2.24, 2.45) is 0 Å². The minimum absolute atomic E-state index is 0.0170. The summed E-state index contributed by atoms with van der Waals surface area (Å²) in [6.45, 7) is 1.95. The summed E-state index contributed by atoms with van der Waals surface area (Å²) in [6.07, 6.45) is 3.24. The molecule has 0 radical (unpaired) electrons. The van der Waals surface area contributed by atoms with Crippen molar-refractivity contribution in [3.05, 3.63) is 89.1 Å². The Morgan fingerprint density at radius 1 is 1.17 bits per heavy atom. The highest BCUT2D eigenvalue weighted by Gasteiger charge is 2.47. The van der Waals surface area contributed by atoms with Gasteiger partial charge in [0.15, 0.2) is 0 Å². The van der Waals surface area contributed by atoms with Crippen molar-refractivity contribution in [1.82, 2.24) is 9.88 Å². The number of aryl methyl sites for hydroxylation is 1. The van der Waals surface area contributed by atoms with Crippen molar-refractivity contribution in [2.75, 3.05) is 7.11 Å². The molecule has 1 atom stereocenters. The maximum atomic E-state index is 13.0. The average Bonchev–Trinajstić information content (AvgIpc) is 3.30. The number of hydrogen-bond donors (Lipinski definition) is 1. The van der Waals surface area contributed by atoms with E-state index in [-0.39, 0.29) is 17.9 Å². The number of benzene rings is 1. The molecule has 30 heavy (non-hydrogen) atoms. The Labute approximate surface area is 173 Å². The molecule has 1 aliphatic rings. The lowest BCUT2D eigenvalue weighted by atomic mass is 9.99. The van der Waals surface area contributed by atoms with E-state index in [0.29, 0.717) is 22.8 Å². The van der Waals surface area contributed by atoms with Crippen LogP contribution in [0.5, 0.6) is 5.75 Å². The third kappa shape index (κ3) is 3.45. The molecule has 2 aromatic heterocycles. The molecule has 1 fully saturated rings. The number of aromatic nitrogens is 1. The van der Waals surface area contributed by atoms with Gasteiger partial charge < -0.3 is 19.2 Å². The van der Waals surface area contributed by atoms with E-state index in [0.717, 1.165) is 5.56 Å². The molecule has 3 aromatic rings. The minimum Gasteiger partial charge on any atom is -0.507 e. The molecule has 1 N–H and O–H groups in total. The second-order valence-electron chi connectivity index (χ2n) is 6.96. The molecule has 1 amide bonds. The lowest BCUT2D eigenvalue weighted by Crippen LogP contribution is -2.29. The van der Waals surface area contributed by atoms with Crippen LogP contribution in [0.25, 0.3) is 5.76 Å². The number of Topliss-reactive ketones (excluding diaryl/α,β-unsaturated/α-hetero) is 1. The molecule has 3 heterocycles. The van der Waals surface area contributed by atoms with E-state index in [4.69, 9.17) is 9.15 Å². The lowest BCUT2D eigenvalue weighted by molar-refractivity contribution is -0.140.